The summed E-state index contributed by atoms with van der Waals surface area (Å²) in [6.45, 7) is 0. The Kier molecular flexibility index (Phi) is 2.44. The molecule has 16 heavy (non-hydrogen) atoms. The highest BCUT2D eigenvalue weighted by Crippen LogP contribution is 2.12. The Hall–Kier alpha value is -2.17. The molecule has 5 heteroatoms. The molecule has 82 valence electrons. The summed E-state index contributed by atoms with van der Waals surface area (Å²) < 4.78 is 13.4. The lowest BCUT2D eigenvalue weighted by Gasteiger charge is -2.06. The number of fused-ring (bicyclic) bond motifs is 1. The fraction of sp³-hybridized carbons (Fsp3) is 0.0909. The molecular formula is C11H9FN2O2. The number of halogens is 1. The van der Waals surface area contributed by atoms with Gasteiger partial charge in [-0.2, -0.15) is 4.73 Å². The molecule has 1 aromatic carbocycles. The molecule has 0 bridgehead atoms. The van der Waals surface area contributed by atoms with Gasteiger partial charge in [0.2, 0.25) is 5.52 Å². The van der Waals surface area contributed by atoms with Gasteiger partial charge < -0.3 is 10.5 Å². The van der Waals surface area contributed by atoms with Crippen LogP contribution in [0.4, 0.5) is 4.39 Å². The van der Waals surface area contributed by atoms with E-state index in [2.05, 4.69) is 5.32 Å². The van der Waals surface area contributed by atoms with Crippen molar-refractivity contribution in [3.05, 3.63) is 47.1 Å². The van der Waals surface area contributed by atoms with Gasteiger partial charge in [0.1, 0.15) is 5.82 Å². The number of carbonyl (C=O) groups excluding carboxylic acids is 1. The van der Waals surface area contributed by atoms with E-state index in [1.807, 2.05) is 0 Å². The topological polar surface area (TPSA) is 56.0 Å². The summed E-state index contributed by atoms with van der Waals surface area (Å²) in [5.41, 5.74) is 0.254. The maximum absolute atomic E-state index is 12.9. The van der Waals surface area contributed by atoms with Crippen LogP contribution in [0.5, 0.6) is 0 Å². The number of hydrogen-bond donors (Lipinski definition) is 1. The van der Waals surface area contributed by atoms with Crippen molar-refractivity contribution < 1.29 is 13.9 Å². The molecule has 0 saturated heterocycles. The minimum Gasteiger partial charge on any atom is -0.618 e. The number of nitrogens with one attached hydrogen (secondary N) is 1. The Labute approximate surface area is 90.9 Å². The van der Waals surface area contributed by atoms with Crippen molar-refractivity contribution in [1.29, 1.82) is 0 Å². The van der Waals surface area contributed by atoms with Gasteiger partial charge in [-0.15, -0.1) is 0 Å². The number of rotatable bonds is 1. The number of nitrogens with zero attached hydrogens (tertiary/aromatic N) is 1. The molecule has 2 rings (SSSR count). The average molecular weight is 220 g/mol. The predicted molar refractivity (Wildman–Crippen MR) is 56.3 cm³/mol. The van der Waals surface area contributed by atoms with Gasteiger partial charge in [0.05, 0.1) is 5.39 Å². The van der Waals surface area contributed by atoms with E-state index < -0.39 is 11.7 Å². The molecule has 1 N–H and O–H groups in total. The van der Waals surface area contributed by atoms with E-state index in [1.54, 1.807) is 0 Å². The zero-order chi connectivity index (χ0) is 11.7. The van der Waals surface area contributed by atoms with Crippen molar-refractivity contribution in [2.75, 3.05) is 7.05 Å². The van der Waals surface area contributed by atoms with E-state index in [1.165, 1.54) is 37.4 Å². The highest BCUT2D eigenvalue weighted by molar-refractivity contribution is 5.92. The summed E-state index contributed by atoms with van der Waals surface area (Å²) >= 11 is 0. The zero-order valence-electron chi connectivity index (χ0n) is 8.53. The summed E-state index contributed by atoms with van der Waals surface area (Å²) in [6, 6.07) is 6.69. The summed E-state index contributed by atoms with van der Waals surface area (Å²) in [4.78, 5) is 11.3. The van der Waals surface area contributed by atoms with Crippen LogP contribution in [0.25, 0.3) is 10.9 Å². The standard InChI is InChI=1S/C11H9FN2O2/c1-13-11(15)10-4-2-7-6-8(12)3-5-9(7)14(10)16/h2-6H,1H3,(H,13,15). The van der Waals surface area contributed by atoms with Gasteiger partial charge >= 0.3 is 5.91 Å². The molecule has 0 spiro atoms. The van der Waals surface area contributed by atoms with Crippen LogP contribution in [0.15, 0.2) is 30.3 Å². The van der Waals surface area contributed by atoms with Crippen molar-refractivity contribution >= 4 is 16.8 Å². The molecule has 0 saturated carbocycles. The third-order valence-electron chi connectivity index (χ3n) is 2.31. The molecule has 2 aromatic rings. The van der Waals surface area contributed by atoms with Gasteiger partial charge in [0, 0.05) is 19.2 Å². The van der Waals surface area contributed by atoms with E-state index >= 15 is 0 Å². The van der Waals surface area contributed by atoms with Gasteiger partial charge in [0.15, 0.2) is 0 Å². The smallest absolute Gasteiger partial charge is 0.317 e. The van der Waals surface area contributed by atoms with Crippen LogP contribution in [0.1, 0.15) is 10.5 Å². The molecule has 0 atom stereocenters. The number of amides is 1. The summed E-state index contributed by atoms with van der Waals surface area (Å²) in [5, 5.41) is 14.6. The van der Waals surface area contributed by atoms with Gasteiger partial charge in [-0.25, -0.2) is 4.39 Å². The van der Waals surface area contributed by atoms with Crippen LogP contribution in [0.3, 0.4) is 0 Å². The molecule has 0 fully saturated rings. The van der Waals surface area contributed by atoms with Crippen LogP contribution < -0.4 is 10.0 Å². The first kappa shape index (κ1) is 10.4. The van der Waals surface area contributed by atoms with E-state index in [4.69, 9.17) is 0 Å². The molecular weight excluding hydrogens is 211 g/mol. The molecule has 1 heterocycles. The highest BCUT2D eigenvalue weighted by Gasteiger charge is 2.16. The largest absolute Gasteiger partial charge is 0.618 e. The van der Waals surface area contributed by atoms with Crippen molar-refractivity contribution in [2.24, 2.45) is 0 Å². The molecule has 0 aliphatic rings. The second-order valence-electron chi connectivity index (χ2n) is 3.30. The Morgan fingerprint density at radius 1 is 1.38 bits per heavy atom. The van der Waals surface area contributed by atoms with Gasteiger partial charge in [-0.05, 0) is 18.2 Å². The third kappa shape index (κ3) is 1.56. The van der Waals surface area contributed by atoms with E-state index in [0.717, 1.165) is 0 Å². The quantitative estimate of drug-likeness (QED) is 0.575. The minimum absolute atomic E-state index is 0.0124. The zero-order valence-corrected chi connectivity index (χ0v) is 8.53. The van der Waals surface area contributed by atoms with Crippen LogP contribution in [0, 0.1) is 11.0 Å². The van der Waals surface area contributed by atoms with E-state index in [0.29, 0.717) is 10.1 Å². The number of hydrogen-bond acceptors (Lipinski definition) is 2. The van der Waals surface area contributed by atoms with Crippen molar-refractivity contribution in [3.8, 4) is 0 Å². The molecule has 4 nitrogen and oxygen atoms in total. The van der Waals surface area contributed by atoms with Crippen molar-refractivity contribution in [3.63, 3.8) is 0 Å². The average Bonchev–Trinajstić information content (AvgIpc) is 2.28. The van der Waals surface area contributed by atoms with Crippen LogP contribution in [-0.2, 0) is 0 Å². The number of benzene rings is 1. The second-order valence-corrected chi connectivity index (χ2v) is 3.30. The molecule has 0 aliphatic carbocycles. The van der Waals surface area contributed by atoms with Gasteiger partial charge in [0.25, 0.3) is 5.69 Å². The summed E-state index contributed by atoms with van der Waals surface area (Å²) in [6.07, 6.45) is 0. The molecule has 0 radical (unpaired) electrons. The monoisotopic (exact) mass is 220 g/mol. The normalized spacial score (nSPS) is 10.4. The first-order valence-electron chi connectivity index (χ1n) is 4.67. The maximum atomic E-state index is 12.9. The molecule has 0 unspecified atom stereocenters. The Morgan fingerprint density at radius 2 is 2.12 bits per heavy atom. The molecule has 1 aromatic heterocycles. The fourth-order valence-electron chi connectivity index (χ4n) is 1.51. The number of carbonyl (C=O) groups is 1. The minimum atomic E-state index is -0.471. The fourth-order valence-corrected chi connectivity index (χ4v) is 1.51. The molecule has 1 amide bonds. The third-order valence-corrected chi connectivity index (χ3v) is 2.31. The first-order chi connectivity index (χ1) is 7.63. The highest BCUT2D eigenvalue weighted by atomic mass is 19.1. The lowest BCUT2D eigenvalue weighted by atomic mass is 10.2. The van der Waals surface area contributed by atoms with Crippen molar-refractivity contribution in [2.45, 2.75) is 0 Å². The SMILES string of the molecule is CNC(=O)c1ccc2cc(F)ccc2[n+]1[O-]. The predicted octanol–water partition coefficient (Wildman–Crippen LogP) is 0.972. The van der Waals surface area contributed by atoms with Crippen molar-refractivity contribution in [1.82, 2.24) is 5.32 Å². The summed E-state index contributed by atoms with van der Waals surface area (Å²) in [7, 11) is 1.44. The van der Waals surface area contributed by atoms with Gasteiger partial charge in [-0.3, -0.25) is 4.79 Å². The Balaban J connectivity index is 2.70. The van der Waals surface area contributed by atoms with Crippen LogP contribution in [0.2, 0.25) is 0 Å². The lowest BCUT2D eigenvalue weighted by molar-refractivity contribution is -0.579. The number of aromatic nitrogens is 1. The maximum Gasteiger partial charge on any atom is 0.317 e. The van der Waals surface area contributed by atoms with E-state index in [9.17, 15) is 14.4 Å². The second kappa shape index (κ2) is 3.77. The Bertz CT molecular complexity index is 569. The Morgan fingerprint density at radius 3 is 2.81 bits per heavy atom. The lowest BCUT2D eigenvalue weighted by Crippen LogP contribution is -2.39. The number of pyridine rings is 1. The van der Waals surface area contributed by atoms with E-state index in [-0.39, 0.29) is 11.2 Å². The van der Waals surface area contributed by atoms with Crippen LogP contribution >= 0.6 is 0 Å². The van der Waals surface area contributed by atoms with Gasteiger partial charge in [-0.1, -0.05) is 0 Å². The first-order valence-corrected chi connectivity index (χ1v) is 4.67. The molecule has 0 aliphatic heterocycles. The summed E-state index contributed by atoms with van der Waals surface area (Å²) in [5.74, 6) is -0.888. The van der Waals surface area contributed by atoms with Crippen LogP contribution in [-0.4, -0.2) is 13.0 Å².